The lowest BCUT2D eigenvalue weighted by Crippen LogP contribution is -2.24. The second-order valence-electron chi connectivity index (χ2n) is 6.52. The molecule has 1 atom stereocenters. The van der Waals surface area contributed by atoms with Crippen LogP contribution in [0.2, 0.25) is 0 Å². The van der Waals surface area contributed by atoms with Crippen LogP contribution in [0, 0.1) is 0 Å². The number of hydrogen-bond donors (Lipinski definition) is 5. The first-order valence-corrected chi connectivity index (χ1v) is 8.81. The number of imide groups is 1. The molecule has 2 aromatic rings. The summed E-state index contributed by atoms with van der Waals surface area (Å²) in [4.78, 5) is 32.0. The lowest BCUT2D eigenvalue weighted by Gasteiger charge is -2.15. The lowest BCUT2D eigenvalue weighted by atomic mass is 10.2. The monoisotopic (exact) mass is 372 g/mol. The van der Waals surface area contributed by atoms with Crippen molar-refractivity contribution in [3.05, 3.63) is 17.5 Å². The summed E-state index contributed by atoms with van der Waals surface area (Å²) in [5.74, 6) is 0.378. The Morgan fingerprint density at radius 3 is 2.81 bits per heavy atom. The number of aliphatic hydroxyl groups excluding tert-OH is 1. The Balaban J connectivity index is 1.75. The molecule has 1 saturated carbocycles. The Labute approximate surface area is 154 Å². The zero-order valence-electron chi connectivity index (χ0n) is 14.7. The number of carbonyl (C=O) groups excluding carboxylic acids is 2. The van der Waals surface area contributed by atoms with E-state index in [-0.39, 0.29) is 18.3 Å². The summed E-state index contributed by atoms with van der Waals surface area (Å²) in [6, 6.07) is -0.392. The molecule has 0 spiro atoms. The van der Waals surface area contributed by atoms with E-state index in [0.717, 1.165) is 12.8 Å². The fourth-order valence-corrected chi connectivity index (χ4v) is 2.66. The van der Waals surface area contributed by atoms with Crippen molar-refractivity contribution in [3.63, 3.8) is 0 Å². The SMILES string of the molecule is CCC(CO)Nc1nc(NC2CC2)n2ncc(/C=C3\NC(=O)NC3=O)c2n1. The van der Waals surface area contributed by atoms with Crippen LogP contribution in [0.3, 0.4) is 0 Å². The number of rotatable bonds is 7. The molecule has 11 nitrogen and oxygen atoms in total. The minimum absolute atomic E-state index is 0.0429. The maximum atomic E-state index is 11.8. The number of aliphatic hydroxyl groups is 1. The van der Waals surface area contributed by atoms with Gasteiger partial charge in [0.2, 0.25) is 11.9 Å². The number of carbonyl (C=O) groups is 2. The molecule has 5 N–H and O–H groups in total. The average molecular weight is 372 g/mol. The molecule has 2 aromatic heterocycles. The highest BCUT2D eigenvalue weighted by Crippen LogP contribution is 2.25. The van der Waals surface area contributed by atoms with Crippen molar-refractivity contribution in [1.29, 1.82) is 0 Å². The Bertz CT molecular complexity index is 929. The maximum absolute atomic E-state index is 11.8. The zero-order valence-corrected chi connectivity index (χ0v) is 14.7. The fraction of sp³-hybridized carbons (Fsp3) is 0.438. The van der Waals surface area contributed by atoms with Gasteiger partial charge in [-0.2, -0.15) is 19.6 Å². The summed E-state index contributed by atoms with van der Waals surface area (Å²) in [5, 5.41) is 24.8. The number of hydrogen-bond acceptors (Lipinski definition) is 8. The van der Waals surface area contributed by atoms with Gasteiger partial charge in [-0.05, 0) is 25.3 Å². The third-order valence-electron chi connectivity index (χ3n) is 4.37. The van der Waals surface area contributed by atoms with Crippen LogP contribution in [-0.4, -0.2) is 55.3 Å². The molecule has 4 rings (SSSR count). The van der Waals surface area contributed by atoms with Gasteiger partial charge >= 0.3 is 6.03 Å². The van der Waals surface area contributed by atoms with Crippen LogP contribution in [-0.2, 0) is 4.79 Å². The predicted octanol–water partition coefficient (Wildman–Crippen LogP) is 0.0617. The van der Waals surface area contributed by atoms with E-state index in [1.54, 1.807) is 10.7 Å². The van der Waals surface area contributed by atoms with Crippen molar-refractivity contribution >= 4 is 35.6 Å². The number of aromatic nitrogens is 4. The van der Waals surface area contributed by atoms with Gasteiger partial charge in [-0.3, -0.25) is 10.1 Å². The van der Waals surface area contributed by atoms with Crippen molar-refractivity contribution in [3.8, 4) is 0 Å². The second-order valence-corrected chi connectivity index (χ2v) is 6.52. The van der Waals surface area contributed by atoms with Crippen molar-refractivity contribution in [2.45, 2.75) is 38.3 Å². The molecule has 142 valence electrons. The molecule has 0 aromatic carbocycles. The zero-order chi connectivity index (χ0) is 19.0. The molecule has 3 amide bonds. The van der Waals surface area contributed by atoms with Crippen molar-refractivity contribution < 1.29 is 14.7 Å². The smallest absolute Gasteiger partial charge is 0.326 e. The minimum Gasteiger partial charge on any atom is -0.394 e. The Kier molecular flexibility index (Phi) is 4.36. The third kappa shape index (κ3) is 3.53. The van der Waals surface area contributed by atoms with Gasteiger partial charge in [-0.1, -0.05) is 6.92 Å². The van der Waals surface area contributed by atoms with Crippen molar-refractivity contribution in [1.82, 2.24) is 30.2 Å². The Hall–Kier alpha value is -3.21. The van der Waals surface area contributed by atoms with Crippen LogP contribution in [0.15, 0.2) is 11.9 Å². The molecular formula is C16H20N8O3. The molecule has 3 heterocycles. The van der Waals surface area contributed by atoms with Crippen LogP contribution in [0.4, 0.5) is 16.7 Å². The van der Waals surface area contributed by atoms with Gasteiger partial charge < -0.3 is 21.1 Å². The summed E-state index contributed by atoms with van der Waals surface area (Å²) in [6.07, 6.45) is 5.90. The third-order valence-corrected chi connectivity index (χ3v) is 4.37. The van der Waals surface area contributed by atoms with E-state index in [1.165, 1.54) is 6.08 Å². The molecule has 2 fully saturated rings. The topological polar surface area (TPSA) is 146 Å². The van der Waals surface area contributed by atoms with Crippen LogP contribution in [0.5, 0.6) is 0 Å². The number of fused-ring (bicyclic) bond motifs is 1. The number of amides is 3. The van der Waals surface area contributed by atoms with Gasteiger partial charge in [0.15, 0.2) is 5.65 Å². The normalized spacial score (nSPS) is 19.3. The molecule has 1 unspecified atom stereocenters. The maximum Gasteiger partial charge on any atom is 0.326 e. The van der Waals surface area contributed by atoms with Crippen molar-refractivity contribution in [2.24, 2.45) is 0 Å². The van der Waals surface area contributed by atoms with Crippen LogP contribution < -0.4 is 21.3 Å². The number of nitrogens with zero attached hydrogens (tertiary/aromatic N) is 4. The highest BCUT2D eigenvalue weighted by atomic mass is 16.3. The summed E-state index contributed by atoms with van der Waals surface area (Å²) in [7, 11) is 0. The van der Waals surface area contributed by atoms with E-state index < -0.39 is 11.9 Å². The van der Waals surface area contributed by atoms with Gasteiger partial charge in [-0.15, -0.1) is 0 Å². The molecule has 1 aliphatic heterocycles. The molecular weight excluding hydrogens is 352 g/mol. The predicted molar refractivity (Wildman–Crippen MR) is 96.9 cm³/mol. The van der Waals surface area contributed by atoms with Crippen LogP contribution in [0.1, 0.15) is 31.7 Å². The highest BCUT2D eigenvalue weighted by Gasteiger charge is 2.26. The highest BCUT2D eigenvalue weighted by molar-refractivity contribution is 6.14. The molecule has 27 heavy (non-hydrogen) atoms. The quantitative estimate of drug-likeness (QED) is 0.339. The first kappa shape index (κ1) is 17.2. The molecule has 1 aliphatic carbocycles. The summed E-state index contributed by atoms with van der Waals surface area (Å²) < 4.78 is 1.56. The standard InChI is InChI=1S/C16H20N8O3/c1-2-9(7-25)18-14-21-12-8(5-11-13(26)22-16(27)20-11)6-17-24(12)15(23-14)19-10-3-4-10/h5-6,9-10,25H,2-4,7H2,1H3,(H2,18,19,21,23)(H2,20,22,26,27)/b11-5-. The number of nitrogens with one attached hydrogen (secondary N) is 4. The molecule has 0 radical (unpaired) electrons. The first-order valence-electron chi connectivity index (χ1n) is 8.81. The van der Waals surface area contributed by atoms with E-state index in [1.807, 2.05) is 6.92 Å². The molecule has 2 aliphatic rings. The van der Waals surface area contributed by atoms with Gasteiger partial charge in [0.1, 0.15) is 5.70 Å². The Morgan fingerprint density at radius 1 is 1.37 bits per heavy atom. The number of urea groups is 1. The van der Waals surface area contributed by atoms with Crippen LogP contribution >= 0.6 is 0 Å². The van der Waals surface area contributed by atoms with Crippen LogP contribution in [0.25, 0.3) is 11.7 Å². The van der Waals surface area contributed by atoms with Gasteiger partial charge in [0.05, 0.1) is 18.8 Å². The number of anilines is 2. The summed E-state index contributed by atoms with van der Waals surface area (Å²) in [6.45, 7) is 1.91. The van der Waals surface area contributed by atoms with Gasteiger partial charge in [0, 0.05) is 11.6 Å². The summed E-state index contributed by atoms with van der Waals surface area (Å²) >= 11 is 0. The van der Waals surface area contributed by atoms with E-state index in [9.17, 15) is 14.7 Å². The van der Waals surface area contributed by atoms with Gasteiger partial charge in [-0.25, -0.2) is 4.79 Å². The lowest BCUT2D eigenvalue weighted by molar-refractivity contribution is -0.115. The Morgan fingerprint density at radius 2 is 2.19 bits per heavy atom. The first-order chi connectivity index (χ1) is 13.1. The molecule has 0 bridgehead atoms. The fourth-order valence-electron chi connectivity index (χ4n) is 2.66. The summed E-state index contributed by atoms with van der Waals surface area (Å²) in [5.41, 5.74) is 1.16. The molecule has 1 saturated heterocycles. The van der Waals surface area contributed by atoms with E-state index in [2.05, 4.69) is 36.3 Å². The van der Waals surface area contributed by atoms with Gasteiger partial charge in [0.25, 0.3) is 5.91 Å². The van der Waals surface area contributed by atoms with E-state index >= 15 is 0 Å². The largest absolute Gasteiger partial charge is 0.394 e. The minimum atomic E-state index is -0.565. The van der Waals surface area contributed by atoms with E-state index in [0.29, 0.717) is 35.6 Å². The second kappa shape index (κ2) is 6.83. The molecule has 11 heteroatoms. The van der Waals surface area contributed by atoms with E-state index in [4.69, 9.17) is 0 Å². The average Bonchev–Trinajstić information content (AvgIpc) is 3.28. The van der Waals surface area contributed by atoms with Crippen molar-refractivity contribution in [2.75, 3.05) is 17.2 Å².